The van der Waals surface area contributed by atoms with Crippen molar-refractivity contribution in [2.45, 2.75) is 5.38 Å². The van der Waals surface area contributed by atoms with Gasteiger partial charge in [0.25, 0.3) is 5.69 Å². The predicted molar refractivity (Wildman–Crippen MR) is 66.8 cm³/mol. The van der Waals surface area contributed by atoms with Gasteiger partial charge in [-0.2, -0.15) is 0 Å². The maximum absolute atomic E-state index is 10.5. The van der Waals surface area contributed by atoms with Gasteiger partial charge >= 0.3 is 5.97 Å². The summed E-state index contributed by atoms with van der Waals surface area (Å²) in [5.74, 6) is -0.926. The summed E-state index contributed by atoms with van der Waals surface area (Å²) >= 11 is 6.11. The van der Waals surface area contributed by atoms with Crippen LogP contribution in [0.3, 0.4) is 0 Å². The molecular formula is C11H13ClN2O4. The van der Waals surface area contributed by atoms with Crippen molar-refractivity contribution in [1.29, 1.82) is 0 Å². The minimum atomic E-state index is -0.926. The zero-order chi connectivity index (χ0) is 13.7. The van der Waals surface area contributed by atoms with E-state index in [4.69, 9.17) is 16.7 Å². The molecule has 1 N–H and O–H groups in total. The highest BCUT2D eigenvalue weighted by atomic mass is 35.5. The quantitative estimate of drug-likeness (QED) is 0.486. The molecule has 1 unspecified atom stereocenters. The van der Waals surface area contributed by atoms with Crippen LogP contribution in [-0.4, -0.2) is 41.0 Å². The highest BCUT2D eigenvalue weighted by molar-refractivity contribution is 6.21. The topological polar surface area (TPSA) is 83.7 Å². The van der Waals surface area contributed by atoms with Crippen molar-refractivity contribution < 1.29 is 14.8 Å². The summed E-state index contributed by atoms with van der Waals surface area (Å²) in [6, 6.07) is 5.90. The van der Waals surface area contributed by atoms with Gasteiger partial charge in [0.1, 0.15) is 0 Å². The van der Waals surface area contributed by atoms with Crippen molar-refractivity contribution >= 4 is 23.3 Å². The van der Waals surface area contributed by atoms with Crippen LogP contribution in [0, 0.1) is 10.1 Å². The molecule has 1 rings (SSSR count). The number of carbonyl (C=O) groups is 1. The molecule has 0 heterocycles. The van der Waals surface area contributed by atoms with Gasteiger partial charge in [-0.3, -0.25) is 19.8 Å². The van der Waals surface area contributed by atoms with Gasteiger partial charge < -0.3 is 5.11 Å². The third-order valence-electron chi connectivity index (χ3n) is 2.34. The van der Waals surface area contributed by atoms with E-state index in [1.54, 1.807) is 24.1 Å². The van der Waals surface area contributed by atoms with Crippen molar-refractivity contribution in [3.05, 3.63) is 39.9 Å². The van der Waals surface area contributed by atoms with Crippen LogP contribution in [0.2, 0.25) is 0 Å². The standard InChI is InChI=1S/C11H13ClN2O4/c1-13(7-11(15)16)6-10(12)8-2-4-9(5-3-8)14(17)18/h2-5,10H,6-7H2,1H3,(H,15,16). The van der Waals surface area contributed by atoms with Gasteiger partial charge in [-0.15, -0.1) is 11.6 Å². The largest absolute Gasteiger partial charge is 0.480 e. The van der Waals surface area contributed by atoms with E-state index in [-0.39, 0.29) is 12.2 Å². The van der Waals surface area contributed by atoms with E-state index in [0.29, 0.717) is 6.54 Å². The number of non-ortho nitro benzene ring substituents is 1. The molecule has 0 fully saturated rings. The first-order valence-corrected chi connectivity index (χ1v) is 5.62. The first-order valence-electron chi connectivity index (χ1n) is 5.19. The Hall–Kier alpha value is -1.66. The molecule has 7 heteroatoms. The van der Waals surface area contributed by atoms with E-state index in [9.17, 15) is 14.9 Å². The number of nitro benzene ring substituents is 1. The fourth-order valence-corrected chi connectivity index (χ4v) is 1.86. The van der Waals surface area contributed by atoms with Crippen molar-refractivity contribution in [3.63, 3.8) is 0 Å². The number of hydrogen-bond acceptors (Lipinski definition) is 4. The maximum atomic E-state index is 10.5. The van der Waals surface area contributed by atoms with E-state index in [1.807, 2.05) is 0 Å². The van der Waals surface area contributed by atoms with Crippen LogP contribution in [0.25, 0.3) is 0 Å². The highest BCUT2D eigenvalue weighted by Crippen LogP contribution is 2.23. The lowest BCUT2D eigenvalue weighted by molar-refractivity contribution is -0.384. The van der Waals surface area contributed by atoms with Gasteiger partial charge in [-0.25, -0.2) is 0 Å². The minimum Gasteiger partial charge on any atom is -0.480 e. The molecule has 0 aliphatic carbocycles. The average Bonchev–Trinajstić information content (AvgIpc) is 2.27. The molecule has 6 nitrogen and oxygen atoms in total. The predicted octanol–water partition coefficient (Wildman–Crippen LogP) is 1.89. The van der Waals surface area contributed by atoms with Crippen molar-refractivity contribution in [1.82, 2.24) is 4.90 Å². The number of carboxylic acid groups (broad SMARTS) is 1. The fraction of sp³-hybridized carbons (Fsp3) is 0.364. The molecule has 0 saturated heterocycles. The first-order chi connectivity index (χ1) is 8.40. The molecule has 0 spiro atoms. The molecule has 1 atom stereocenters. The summed E-state index contributed by atoms with van der Waals surface area (Å²) in [7, 11) is 1.65. The van der Waals surface area contributed by atoms with E-state index < -0.39 is 16.3 Å². The molecule has 0 saturated carbocycles. The number of aliphatic carboxylic acids is 1. The number of likely N-dealkylation sites (N-methyl/N-ethyl adjacent to an activating group) is 1. The Bertz CT molecular complexity index is 435. The number of benzene rings is 1. The van der Waals surface area contributed by atoms with Crippen molar-refractivity contribution in [3.8, 4) is 0 Å². The number of halogens is 1. The number of rotatable bonds is 6. The van der Waals surface area contributed by atoms with Crippen LogP contribution < -0.4 is 0 Å². The maximum Gasteiger partial charge on any atom is 0.317 e. The summed E-state index contributed by atoms with van der Waals surface area (Å²) in [5, 5.41) is 18.7. The Morgan fingerprint density at radius 2 is 2.06 bits per heavy atom. The molecular weight excluding hydrogens is 260 g/mol. The average molecular weight is 273 g/mol. The number of nitro groups is 1. The highest BCUT2D eigenvalue weighted by Gasteiger charge is 2.14. The zero-order valence-electron chi connectivity index (χ0n) is 9.75. The van der Waals surface area contributed by atoms with Gasteiger partial charge in [-0.1, -0.05) is 12.1 Å². The molecule has 0 aliphatic heterocycles. The number of nitrogens with zero attached hydrogens (tertiary/aromatic N) is 2. The number of carboxylic acids is 1. The van der Waals surface area contributed by atoms with E-state index >= 15 is 0 Å². The molecule has 0 amide bonds. The van der Waals surface area contributed by atoms with Gasteiger partial charge in [0.15, 0.2) is 0 Å². The van der Waals surface area contributed by atoms with Crippen LogP contribution in [-0.2, 0) is 4.79 Å². The van der Waals surface area contributed by atoms with Gasteiger partial charge in [0.2, 0.25) is 0 Å². The van der Waals surface area contributed by atoms with Crippen LogP contribution in [0.15, 0.2) is 24.3 Å². The lowest BCUT2D eigenvalue weighted by atomic mass is 10.1. The lowest BCUT2D eigenvalue weighted by Gasteiger charge is -2.18. The smallest absolute Gasteiger partial charge is 0.317 e. The Balaban J connectivity index is 2.63. The molecule has 1 aromatic carbocycles. The Morgan fingerprint density at radius 3 is 2.50 bits per heavy atom. The SMILES string of the molecule is CN(CC(=O)O)CC(Cl)c1ccc([N+](=O)[O-])cc1. The minimum absolute atomic E-state index is 0.00140. The summed E-state index contributed by atoms with van der Waals surface area (Å²) in [6.07, 6.45) is 0. The second-order valence-electron chi connectivity index (χ2n) is 3.91. The Labute approximate surface area is 109 Å². The van der Waals surface area contributed by atoms with Crippen LogP contribution in [0.1, 0.15) is 10.9 Å². The Kier molecular flexibility index (Phi) is 5.06. The van der Waals surface area contributed by atoms with Gasteiger partial charge in [0.05, 0.1) is 16.8 Å². The van der Waals surface area contributed by atoms with Gasteiger partial charge in [0, 0.05) is 18.7 Å². The van der Waals surface area contributed by atoms with Crippen LogP contribution in [0.5, 0.6) is 0 Å². The summed E-state index contributed by atoms with van der Waals surface area (Å²) in [4.78, 5) is 22.1. The summed E-state index contributed by atoms with van der Waals surface area (Å²) < 4.78 is 0. The molecule has 0 radical (unpaired) electrons. The molecule has 0 aliphatic rings. The van der Waals surface area contributed by atoms with Crippen LogP contribution in [0.4, 0.5) is 5.69 Å². The third-order valence-corrected chi connectivity index (χ3v) is 2.73. The van der Waals surface area contributed by atoms with E-state index in [2.05, 4.69) is 0 Å². The number of hydrogen-bond donors (Lipinski definition) is 1. The van der Waals surface area contributed by atoms with E-state index in [0.717, 1.165) is 5.56 Å². The molecule has 98 valence electrons. The van der Waals surface area contributed by atoms with Gasteiger partial charge in [-0.05, 0) is 12.6 Å². The third kappa shape index (κ3) is 4.31. The molecule has 0 aromatic heterocycles. The lowest BCUT2D eigenvalue weighted by Crippen LogP contribution is -2.28. The van der Waals surface area contributed by atoms with Crippen LogP contribution >= 0.6 is 11.6 Å². The van der Waals surface area contributed by atoms with Crippen molar-refractivity contribution in [2.24, 2.45) is 0 Å². The normalized spacial score (nSPS) is 12.4. The molecule has 0 bridgehead atoms. The van der Waals surface area contributed by atoms with E-state index in [1.165, 1.54) is 12.1 Å². The zero-order valence-corrected chi connectivity index (χ0v) is 10.5. The summed E-state index contributed by atoms with van der Waals surface area (Å²) in [6.45, 7) is 0.252. The summed E-state index contributed by atoms with van der Waals surface area (Å²) in [5.41, 5.74) is 0.723. The van der Waals surface area contributed by atoms with Crippen molar-refractivity contribution in [2.75, 3.05) is 20.1 Å². The second kappa shape index (κ2) is 6.32. The molecule has 18 heavy (non-hydrogen) atoms. The number of alkyl halides is 1. The molecule has 1 aromatic rings. The first kappa shape index (κ1) is 14.4. The Morgan fingerprint density at radius 1 is 1.50 bits per heavy atom. The second-order valence-corrected chi connectivity index (χ2v) is 4.43. The monoisotopic (exact) mass is 272 g/mol. The fourth-order valence-electron chi connectivity index (χ4n) is 1.48.